The number of nitrogens with two attached hydrogens (primary N) is 1. The number of rotatable bonds is 3. The van der Waals surface area contributed by atoms with E-state index in [0.717, 1.165) is 4.47 Å². The van der Waals surface area contributed by atoms with Crippen LogP contribution in [-0.2, 0) is 0 Å². The zero-order valence-electron chi connectivity index (χ0n) is 9.67. The van der Waals surface area contributed by atoms with Crippen molar-refractivity contribution in [1.29, 1.82) is 5.26 Å². The minimum absolute atomic E-state index is 0.217. The zero-order chi connectivity index (χ0) is 12.6. The third kappa shape index (κ3) is 3.99. The van der Waals surface area contributed by atoms with Crippen LogP contribution in [0.1, 0.15) is 13.8 Å². The van der Waals surface area contributed by atoms with Gasteiger partial charge in [0.2, 0.25) is 0 Å². The second-order valence-electron chi connectivity index (χ2n) is 2.59. The normalized spacial score (nSPS) is 8.44. The van der Waals surface area contributed by atoms with Crippen molar-refractivity contribution >= 4 is 27.3 Å². The van der Waals surface area contributed by atoms with Gasteiger partial charge in [-0.2, -0.15) is 5.26 Å². The molecular formula is C11H16BrN3O. The monoisotopic (exact) mass is 285 g/mol. The highest BCUT2D eigenvalue weighted by molar-refractivity contribution is 9.10. The summed E-state index contributed by atoms with van der Waals surface area (Å²) in [6.07, 6.45) is 0. The van der Waals surface area contributed by atoms with Gasteiger partial charge in [0.05, 0.1) is 24.6 Å². The summed E-state index contributed by atoms with van der Waals surface area (Å²) in [6.45, 7) is 4.22. The molecule has 88 valence electrons. The number of methoxy groups -OCH3 is 1. The number of nitrogen functional groups attached to an aromatic ring is 1. The highest BCUT2D eigenvalue weighted by Crippen LogP contribution is 2.33. The molecule has 0 bridgehead atoms. The first kappa shape index (κ1) is 14.6. The number of hydrogen-bond donors (Lipinski definition) is 2. The Labute approximate surface area is 105 Å². The summed E-state index contributed by atoms with van der Waals surface area (Å²) >= 11 is 3.34. The molecule has 0 heterocycles. The lowest BCUT2D eigenvalue weighted by Gasteiger charge is -2.10. The Bertz CT molecular complexity index is 351. The molecule has 0 atom stereocenters. The van der Waals surface area contributed by atoms with E-state index in [1.54, 1.807) is 19.2 Å². The van der Waals surface area contributed by atoms with E-state index in [2.05, 4.69) is 21.2 Å². The van der Waals surface area contributed by atoms with E-state index >= 15 is 0 Å². The standard InChI is InChI=1S/C9H10BrN3O.C2H6/c1-14-6-4-7(10)9(8(12)5-6)13-3-2-11;1-2/h4-5,13H,3,12H2,1H3;1-2H3. The van der Waals surface area contributed by atoms with Gasteiger partial charge in [0.1, 0.15) is 12.3 Å². The number of ether oxygens (including phenoxy) is 1. The van der Waals surface area contributed by atoms with Gasteiger partial charge in [-0.05, 0) is 22.0 Å². The van der Waals surface area contributed by atoms with Crippen LogP contribution >= 0.6 is 15.9 Å². The molecule has 0 radical (unpaired) electrons. The maximum atomic E-state index is 8.42. The first-order chi connectivity index (χ1) is 7.69. The Hall–Kier alpha value is -1.41. The highest BCUT2D eigenvalue weighted by Gasteiger charge is 2.06. The van der Waals surface area contributed by atoms with Crippen LogP contribution in [0.4, 0.5) is 11.4 Å². The largest absolute Gasteiger partial charge is 0.497 e. The van der Waals surface area contributed by atoms with Crippen molar-refractivity contribution in [1.82, 2.24) is 0 Å². The molecular weight excluding hydrogens is 270 g/mol. The molecule has 0 spiro atoms. The van der Waals surface area contributed by atoms with Crippen LogP contribution in [0, 0.1) is 11.3 Å². The maximum absolute atomic E-state index is 8.42. The summed E-state index contributed by atoms with van der Waals surface area (Å²) in [5.41, 5.74) is 7.02. The SMILES string of the molecule is CC.COc1cc(N)c(NCC#N)c(Br)c1. The number of hydrogen-bond acceptors (Lipinski definition) is 4. The average molecular weight is 286 g/mol. The third-order valence-corrected chi connectivity index (χ3v) is 2.30. The fraction of sp³-hybridized carbons (Fsp3) is 0.364. The molecule has 3 N–H and O–H groups in total. The van der Waals surface area contributed by atoms with Crippen molar-refractivity contribution < 1.29 is 4.74 Å². The van der Waals surface area contributed by atoms with Crippen molar-refractivity contribution in [3.8, 4) is 11.8 Å². The average Bonchev–Trinajstić information content (AvgIpc) is 2.30. The molecule has 0 fully saturated rings. The van der Waals surface area contributed by atoms with Gasteiger partial charge in [0, 0.05) is 10.5 Å². The number of nitriles is 1. The summed E-state index contributed by atoms with van der Waals surface area (Å²) in [5, 5.41) is 11.3. The molecule has 0 unspecified atom stereocenters. The van der Waals surface area contributed by atoms with Crippen molar-refractivity contribution in [2.75, 3.05) is 24.7 Å². The number of anilines is 2. The van der Waals surface area contributed by atoms with Gasteiger partial charge in [0.25, 0.3) is 0 Å². The number of nitrogens with one attached hydrogen (secondary N) is 1. The van der Waals surface area contributed by atoms with E-state index in [4.69, 9.17) is 15.7 Å². The van der Waals surface area contributed by atoms with Gasteiger partial charge >= 0.3 is 0 Å². The lowest BCUT2D eigenvalue weighted by molar-refractivity contribution is 0.415. The second-order valence-corrected chi connectivity index (χ2v) is 3.44. The van der Waals surface area contributed by atoms with E-state index in [0.29, 0.717) is 17.1 Å². The van der Waals surface area contributed by atoms with Crippen LogP contribution < -0.4 is 15.8 Å². The first-order valence-electron chi connectivity index (χ1n) is 4.93. The van der Waals surface area contributed by atoms with Crippen LogP contribution in [0.5, 0.6) is 5.75 Å². The lowest BCUT2D eigenvalue weighted by atomic mass is 10.2. The third-order valence-electron chi connectivity index (χ3n) is 1.67. The molecule has 0 saturated heterocycles. The van der Waals surface area contributed by atoms with Crippen LogP contribution in [0.15, 0.2) is 16.6 Å². The molecule has 0 aliphatic carbocycles. The van der Waals surface area contributed by atoms with Gasteiger partial charge in [-0.25, -0.2) is 0 Å². The van der Waals surface area contributed by atoms with E-state index < -0.39 is 0 Å². The Kier molecular flexibility index (Phi) is 7.14. The lowest BCUT2D eigenvalue weighted by Crippen LogP contribution is -2.03. The van der Waals surface area contributed by atoms with Crippen molar-refractivity contribution in [3.05, 3.63) is 16.6 Å². The smallest absolute Gasteiger partial charge is 0.122 e. The Balaban J connectivity index is 0.00000106. The summed E-state index contributed by atoms with van der Waals surface area (Å²) < 4.78 is 5.81. The van der Waals surface area contributed by atoms with Gasteiger partial charge < -0.3 is 15.8 Å². The molecule has 0 aliphatic heterocycles. The Morgan fingerprint density at radius 3 is 2.56 bits per heavy atom. The first-order valence-corrected chi connectivity index (χ1v) is 5.72. The molecule has 1 aromatic rings. The van der Waals surface area contributed by atoms with Crippen LogP contribution in [0.3, 0.4) is 0 Å². The quantitative estimate of drug-likeness (QED) is 0.662. The number of halogens is 1. The molecule has 0 amide bonds. The van der Waals surface area contributed by atoms with Gasteiger partial charge in [0.15, 0.2) is 0 Å². The van der Waals surface area contributed by atoms with Crippen molar-refractivity contribution in [3.63, 3.8) is 0 Å². The minimum Gasteiger partial charge on any atom is -0.497 e. The zero-order valence-corrected chi connectivity index (χ0v) is 11.3. The minimum atomic E-state index is 0.217. The summed E-state index contributed by atoms with van der Waals surface area (Å²) in [5.74, 6) is 0.678. The number of nitrogens with zero attached hydrogens (tertiary/aromatic N) is 1. The van der Waals surface area contributed by atoms with E-state index in [-0.39, 0.29) is 6.54 Å². The molecule has 16 heavy (non-hydrogen) atoms. The Morgan fingerprint density at radius 1 is 1.50 bits per heavy atom. The molecule has 0 aliphatic rings. The van der Waals surface area contributed by atoms with E-state index in [1.807, 2.05) is 19.9 Å². The van der Waals surface area contributed by atoms with E-state index in [9.17, 15) is 0 Å². The van der Waals surface area contributed by atoms with Gasteiger partial charge in [-0.3, -0.25) is 0 Å². The molecule has 1 aromatic carbocycles. The van der Waals surface area contributed by atoms with Gasteiger partial charge in [-0.1, -0.05) is 13.8 Å². The predicted octanol–water partition coefficient (Wildman–Crippen LogP) is 3.00. The molecule has 5 heteroatoms. The molecule has 0 aromatic heterocycles. The van der Waals surface area contributed by atoms with Crippen LogP contribution in [-0.4, -0.2) is 13.7 Å². The van der Waals surface area contributed by atoms with E-state index in [1.165, 1.54) is 0 Å². The molecule has 0 saturated carbocycles. The van der Waals surface area contributed by atoms with Crippen molar-refractivity contribution in [2.45, 2.75) is 13.8 Å². The topological polar surface area (TPSA) is 71.1 Å². The summed E-state index contributed by atoms with van der Waals surface area (Å²) in [4.78, 5) is 0. The predicted molar refractivity (Wildman–Crippen MR) is 70.6 cm³/mol. The van der Waals surface area contributed by atoms with Crippen LogP contribution in [0.25, 0.3) is 0 Å². The fourth-order valence-corrected chi connectivity index (χ4v) is 1.63. The maximum Gasteiger partial charge on any atom is 0.122 e. The Morgan fingerprint density at radius 2 is 2.12 bits per heavy atom. The second kappa shape index (κ2) is 7.83. The van der Waals surface area contributed by atoms with Crippen molar-refractivity contribution in [2.24, 2.45) is 0 Å². The molecule has 1 rings (SSSR count). The summed E-state index contributed by atoms with van der Waals surface area (Å²) in [6, 6.07) is 5.47. The fourth-order valence-electron chi connectivity index (χ4n) is 1.03. The number of benzene rings is 1. The highest BCUT2D eigenvalue weighted by atomic mass is 79.9. The van der Waals surface area contributed by atoms with Crippen LogP contribution in [0.2, 0.25) is 0 Å². The van der Waals surface area contributed by atoms with Gasteiger partial charge in [-0.15, -0.1) is 0 Å². The molecule has 4 nitrogen and oxygen atoms in total. The summed E-state index contributed by atoms with van der Waals surface area (Å²) in [7, 11) is 1.57.